The molecule has 4 aromatic rings. The second kappa shape index (κ2) is 10.5. The first kappa shape index (κ1) is 24.1. The summed E-state index contributed by atoms with van der Waals surface area (Å²) in [5, 5.41) is 9.55. The zero-order valence-corrected chi connectivity index (χ0v) is 20.3. The summed E-state index contributed by atoms with van der Waals surface area (Å²) < 4.78 is 16.2. The van der Waals surface area contributed by atoms with E-state index < -0.39 is 11.8 Å². The number of fused-ring (bicyclic) bond motifs is 1. The van der Waals surface area contributed by atoms with Crippen LogP contribution in [0.15, 0.2) is 71.1 Å². The maximum atomic E-state index is 12.7. The third-order valence-corrected chi connectivity index (χ3v) is 5.43. The number of benzene rings is 3. The van der Waals surface area contributed by atoms with E-state index in [0.717, 1.165) is 5.39 Å². The van der Waals surface area contributed by atoms with Gasteiger partial charge >= 0.3 is 0 Å². The van der Waals surface area contributed by atoms with Crippen molar-refractivity contribution in [3.8, 4) is 11.5 Å². The Kier molecular flexibility index (Phi) is 7.19. The van der Waals surface area contributed by atoms with Crippen molar-refractivity contribution in [1.82, 2.24) is 5.32 Å². The van der Waals surface area contributed by atoms with Crippen LogP contribution in [0.2, 0.25) is 5.02 Å². The monoisotopic (exact) mass is 509 g/mol. The zero-order valence-electron chi connectivity index (χ0n) is 18.7. The van der Waals surface area contributed by atoms with Crippen molar-refractivity contribution in [3.05, 3.63) is 83.1 Å². The van der Waals surface area contributed by atoms with Gasteiger partial charge in [-0.2, -0.15) is 0 Å². The van der Waals surface area contributed by atoms with Crippen LogP contribution >= 0.6 is 23.8 Å². The first-order valence-corrected chi connectivity index (χ1v) is 11.1. The quantitative estimate of drug-likeness (QED) is 0.296. The Balaban J connectivity index is 1.44. The van der Waals surface area contributed by atoms with Gasteiger partial charge in [0, 0.05) is 22.2 Å². The number of carbonyl (C=O) groups excluding carboxylic acids is 2. The largest absolute Gasteiger partial charge is 0.496 e. The Hall–Kier alpha value is -4.08. The highest BCUT2D eigenvalue weighted by Crippen LogP contribution is 2.29. The van der Waals surface area contributed by atoms with E-state index >= 15 is 0 Å². The van der Waals surface area contributed by atoms with Gasteiger partial charge in [-0.3, -0.25) is 14.9 Å². The van der Waals surface area contributed by atoms with Gasteiger partial charge in [-0.1, -0.05) is 29.8 Å². The number of anilines is 2. The van der Waals surface area contributed by atoms with Crippen LogP contribution in [0.1, 0.15) is 20.9 Å². The number of hydrogen-bond donors (Lipinski definition) is 3. The fourth-order valence-electron chi connectivity index (χ4n) is 3.34. The lowest BCUT2D eigenvalue weighted by Crippen LogP contribution is -2.34. The number of amides is 2. The molecular weight excluding hydrogens is 490 g/mol. The molecule has 0 bridgehead atoms. The average Bonchev–Trinajstić information content (AvgIpc) is 3.29. The Morgan fingerprint density at radius 1 is 0.886 bits per heavy atom. The van der Waals surface area contributed by atoms with Crippen molar-refractivity contribution in [2.45, 2.75) is 0 Å². The summed E-state index contributed by atoms with van der Waals surface area (Å²) >= 11 is 11.3. The van der Waals surface area contributed by atoms with Crippen molar-refractivity contribution in [1.29, 1.82) is 0 Å². The molecule has 0 radical (unpaired) electrons. The van der Waals surface area contributed by atoms with Crippen molar-refractivity contribution in [2.75, 3.05) is 24.9 Å². The number of carbonyl (C=O) groups is 2. The normalized spacial score (nSPS) is 10.5. The van der Waals surface area contributed by atoms with E-state index in [9.17, 15) is 9.59 Å². The maximum Gasteiger partial charge on any atom is 0.291 e. The predicted octanol–water partition coefficient (Wildman–Crippen LogP) is 5.48. The molecule has 0 spiro atoms. The lowest BCUT2D eigenvalue weighted by molar-refractivity contribution is 0.0972. The molecule has 0 saturated carbocycles. The highest BCUT2D eigenvalue weighted by atomic mass is 35.5. The van der Waals surface area contributed by atoms with Gasteiger partial charge in [0.25, 0.3) is 11.8 Å². The van der Waals surface area contributed by atoms with E-state index in [1.54, 1.807) is 42.5 Å². The Morgan fingerprint density at radius 3 is 2.40 bits per heavy atom. The molecule has 8 nitrogen and oxygen atoms in total. The molecule has 0 unspecified atom stereocenters. The minimum absolute atomic E-state index is 0.0538. The molecule has 0 atom stereocenters. The molecule has 0 saturated heterocycles. The van der Waals surface area contributed by atoms with Crippen LogP contribution in [-0.4, -0.2) is 31.1 Å². The van der Waals surface area contributed by atoms with Gasteiger partial charge < -0.3 is 24.5 Å². The fourth-order valence-corrected chi connectivity index (χ4v) is 3.72. The van der Waals surface area contributed by atoms with E-state index in [2.05, 4.69) is 16.0 Å². The molecule has 0 fully saturated rings. The molecule has 1 aromatic heterocycles. The first-order valence-electron chi connectivity index (χ1n) is 10.3. The molecule has 10 heteroatoms. The Labute approximate surface area is 211 Å². The van der Waals surface area contributed by atoms with E-state index in [4.69, 9.17) is 37.7 Å². The smallest absolute Gasteiger partial charge is 0.291 e. The molecule has 178 valence electrons. The third-order valence-electron chi connectivity index (χ3n) is 4.99. The summed E-state index contributed by atoms with van der Waals surface area (Å²) in [6.07, 6.45) is 0. The van der Waals surface area contributed by atoms with E-state index in [-0.39, 0.29) is 16.4 Å². The second-order valence-corrected chi connectivity index (χ2v) is 8.12. The average molecular weight is 510 g/mol. The molecule has 4 rings (SSSR count). The molecule has 2 amide bonds. The summed E-state index contributed by atoms with van der Waals surface area (Å²) in [6.45, 7) is 0. The number of nitrogens with one attached hydrogen (secondary N) is 3. The SMILES string of the molecule is COc1cc(NC(=S)NC(=O)c2cc(Cl)ccc2OC)ccc1NC(=O)c1cc2ccccc2o1. The van der Waals surface area contributed by atoms with Gasteiger partial charge in [0.1, 0.15) is 17.1 Å². The van der Waals surface area contributed by atoms with Crippen molar-refractivity contribution in [3.63, 3.8) is 0 Å². The maximum absolute atomic E-state index is 12.7. The van der Waals surface area contributed by atoms with Crippen LogP contribution in [0.25, 0.3) is 11.0 Å². The number of furan rings is 1. The predicted molar refractivity (Wildman–Crippen MR) is 139 cm³/mol. The number of thiocarbonyl (C=S) groups is 1. The first-order chi connectivity index (χ1) is 16.9. The summed E-state index contributed by atoms with van der Waals surface area (Å²) in [7, 11) is 2.93. The van der Waals surface area contributed by atoms with Gasteiger partial charge in [0.2, 0.25) is 0 Å². The number of hydrogen-bond acceptors (Lipinski definition) is 6. The van der Waals surface area contributed by atoms with Crippen molar-refractivity contribution in [2.24, 2.45) is 0 Å². The highest BCUT2D eigenvalue weighted by Gasteiger charge is 2.17. The van der Waals surface area contributed by atoms with E-state index in [1.165, 1.54) is 20.3 Å². The topological polar surface area (TPSA) is 102 Å². The molecule has 0 aliphatic heterocycles. The van der Waals surface area contributed by atoms with Crippen LogP contribution in [-0.2, 0) is 0 Å². The van der Waals surface area contributed by atoms with Crippen LogP contribution in [0.4, 0.5) is 11.4 Å². The van der Waals surface area contributed by atoms with Gasteiger partial charge in [-0.05, 0) is 54.7 Å². The summed E-state index contributed by atoms with van der Waals surface area (Å²) in [5.74, 6) is 0.0174. The van der Waals surface area contributed by atoms with Gasteiger partial charge in [0.15, 0.2) is 10.9 Å². The Morgan fingerprint density at radius 2 is 1.66 bits per heavy atom. The summed E-state index contributed by atoms with van der Waals surface area (Å²) in [4.78, 5) is 25.3. The lowest BCUT2D eigenvalue weighted by Gasteiger charge is -2.14. The second-order valence-electron chi connectivity index (χ2n) is 7.27. The fraction of sp³-hybridized carbons (Fsp3) is 0.0800. The number of methoxy groups -OCH3 is 2. The highest BCUT2D eigenvalue weighted by molar-refractivity contribution is 7.80. The number of rotatable bonds is 6. The minimum Gasteiger partial charge on any atom is -0.496 e. The van der Waals surface area contributed by atoms with Crippen LogP contribution in [0.5, 0.6) is 11.5 Å². The molecule has 0 aliphatic rings. The number of halogens is 1. The van der Waals surface area contributed by atoms with Crippen LogP contribution < -0.4 is 25.4 Å². The number of para-hydroxylation sites is 1. The third kappa shape index (κ3) is 5.53. The molecule has 35 heavy (non-hydrogen) atoms. The van der Waals surface area contributed by atoms with E-state index in [1.807, 2.05) is 18.2 Å². The van der Waals surface area contributed by atoms with Crippen LogP contribution in [0, 0.1) is 0 Å². The summed E-state index contributed by atoms with van der Waals surface area (Å²) in [6, 6.07) is 18.7. The van der Waals surface area contributed by atoms with Gasteiger partial charge in [-0.15, -0.1) is 0 Å². The summed E-state index contributed by atoms with van der Waals surface area (Å²) in [5.41, 5.74) is 1.83. The van der Waals surface area contributed by atoms with Crippen molar-refractivity contribution >= 4 is 63.1 Å². The molecular formula is C25H20ClN3O5S. The van der Waals surface area contributed by atoms with E-state index in [0.29, 0.717) is 33.5 Å². The van der Waals surface area contributed by atoms with Gasteiger partial charge in [0.05, 0.1) is 25.5 Å². The lowest BCUT2D eigenvalue weighted by atomic mass is 10.2. The molecule has 3 aromatic carbocycles. The molecule has 3 N–H and O–H groups in total. The number of ether oxygens (including phenoxy) is 2. The minimum atomic E-state index is -0.483. The molecule has 0 aliphatic carbocycles. The van der Waals surface area contributed by atoms with Crippen molar-refractivity contribution < 1.29 is 23.5 Å². The van der Waals surface area contributed by atoms with Gasteiger partial charge in [-0.25, -0.2) is 0 Å². The Bertz CT molecular complexity index is 1400. The molecule has 1 heterocycles. The standard InChI is InChI=1S/C25H20ClN3O5S/c1-32-20-10-7-15(26)12-17(20)23(30)29-25(35)27-16-8-9-18(21(13-16)33-2)28-24(31)22-11-14-5-3-4-6-19(14)34-22/h3-13H,1-2H3,(H,28,31)(H2,27,29,30,35). The zero-order chi connectivity index (χ0) is 24.9. The van der Waals surface area contributed by atoms with Crippen LogP contribution in [0.3, 0.4) is 0 Å².